The van der Waals surface area contributed by atoms with Crippen molar-refractivity contribution in [3.8, 4) is 10.6 Å². The number of rotatable bonds is 11. The summed E-state index contributed by atoms with van der Waals surface area (Å²) in [4.78, 5) is 28.1. The van der Waals surface area contributed by atoms with Crippen LogP contribution in [0.15, 0.2) is 42.5 Å². The predicted octanol–water partition coefficient (Wildman–Crippen LogP) is 3.90. The van der Waals surface area contributed by atoms with Crippen molar-refractivity contribution >= 4 is 53.7 Å². The normalized spacial score (nSPS) is 12.2. The first-order chi connectivity index (χ1) is 17.9. The molecule has 0 bridgehead atoms. The zero-order valence-electron chi connectivity index (χ0n) is 22.8. The largest absolute Gasteiger partial charge is 0.376 e. The summed E-state index contributed by atoms with van der Waals surface area (Å²) in [5, 5.41) is 20.3. The zero-order chi connectivity index (χ0) is 26.4. The lowest BCUT2D eigenvalue weighted by Gasteiger charge is -2.31. The number of amides is 2. The number of halogens is 2. The second-order valence-electron chi connectivity index (χ2n) is 9.19. The highest BCUT2D eigenvalue weighted by atomic mass is 35.5. The fourth-order valence-corrected chi connectivity index (χ4v) is 4.96. The smallest absolute Gasteiger partial charge is 0.256 e. The number of aryl methyl sites for hydroxylation is 2. The van der Waals surface area contributed by atoms with Crippen LogP contribution in [0.1, 0.15) is 28.6 Å². The number of benzene rings is 2. The van der Waals surface area contributed by atoms with Gasteiger partial charge in [0.05, 0.1) is 6.54 Å². The Bertz CT molecular complexity index is 1230. The highest BCUT2D eigenvalue weighted by molar-refractivity contribution is 7.14. The molecular weight excluding hydrogens is 557 g/mol. The molecule has 212 valence electrons. The SMILES string of the molecule is CCNCCN(CC(=O)N(C)N1Cc2ccccc2C1)C(=O)CNc1cc(-c2nnc(C)s2)ccc1C.Cl.Cl. The molecule has 2 amide bonds. The van der Waals surface area contributed by atoms with E-state index in [2.05, 4.69) is 33.0 Å². The first-order valence-corrected chi connectivity index (χ1v) is 13.4. The van der Waals surface area contributed by atoms with E-state index in [0.29, 0.717) is 26.2 Å². The Kier molecular flexibility index (Phi) is 12.6. The Morgan fingerprint density at radius 1 is 1.03 bits per heavy atom. The van der Waals surface area contributed by atoms with E-state index in [9.17, 15) is 9.59 Å². The fraction of sp³-hybridized carbons (Fsp3) is 0.407. The van der Waals surface area contributed by atoms with Gasteiger partial charge in [-0.2, -0.15) is 0 Å². The summed E-state index contributed by atoms with van der Waals surface area (Å²) in [6.07, 6.45) is 0. The molecule has 0 atom stereocenters. The zero-order valence-corrected chi connectivity index (χ0v) is 25.2. The minimum Gasteiger partial charge on any atom is -0.376 e. The molecule has 2 heterocycles. The van der Waals surface area contributed by atoms with Gasteiger partial charge >= 0.3 is 0 Å². The third-order valence-electron chi connectivity index (χ3n) is 6.54. The maximum atomic E-state index is 13.3. The summed E-state index contributed by atoms with van der Waals surface area (Å²) in [6.45, 7) is 9.33. The molecule has 1 aliphatic rings. The van der Waals surface area contributed by atoms with Crippen LogP contribution in [0.5, 0.6) is 0 Å². The first-order valence-electron chi connectivity index (χ1n) is 12.6. The molecule has 0 radical (unpaired) electrons. The number of hydrogen-bond acceptors (Lipinski definition) is 8. The van der Waals surface area contributed by atoms with Crippen molar-refractivity contribution in [3.63, 3.8) is 0 Å². The number of hydrogen-bond donors (Lipinski definition) is 2. The Balaban J connectivity index is 0.00000267. The first kappa shape index (κ1) is 32.5. The molecule has 39 heavy (non-hydrogen) atoms. The lowest BCUT2D eigenvalue weighted by Crippen LogP contribution is -2.49. The third kappa shape index (κ3) is 8.36. The molecule has 2 N–H and O–H groups in total. The van der Waals surface area contributed by atoms with Crippen LogP contribution in [-0.2, 0) is 22.7 Å². The van der Waals surface area contributed by atoms with Gasteiger partial charge in [0.2, 0.25) is 5.91 Å². The number of carbonyl (C=O) groups is 2. The van der Waals surface area contributed by atoms with Crippen LogP contribution in [0.4, 0.5) is 5.69 Å². The van der Waals surface area contributed by atoms with E-state index in [1.54, 1.807) is 17.0 Å². The number of fused-ring (bicyclic) bond motifs is 1. The molecule has 0 aliphatic carbocycles. The van der Waals surface area contributed by atoms with Crippen molar-refractivity contribution in [2.75, 3.05) is 45.1 Å². The maximum absolute atomic E-state index is 13.3. The summed E-state index contributed by atoms with van der Waals surface area (Å²) in [5.41, 5.74) is 5.31. The Labute approximate surface area is 246 Å². The van der Waals surface area contributed by atoms with Crippen LogP contribution in [0.2, 0.25) is 0 Å². The molecule has 0 saturated carbocycles. The fourth-order valence-electron chi connectivity index (χ4n) is 4.27. The second kappa shape index (κ2) is 15.1. The second-order valence-corrected chi connectivity index (χ2v) is 10.4. The van der Waals surface area contributed by atoms with Gasteiger partial charge in [0.1, 0.15) is 16.6 Å². The van der Waals surface area contributed by atoms with Crippen molar-refractivity contribution < 1.29 is 9.59 Å². The van der Waals surface area contributed by atoms with E-state index in [1.165, 1.54) is 22.5 Å². The standard InChI is InChI=1S/C27H35N7O2S.2ClH/c1-5-28-12-13-33(18-26(36)32(4)34-16-22-8-6-7-9-23(22)17-34)25(35)15-29-24-14-21(11-10-19(24)2)27-31-30-20(3)37-27;;/h6-11,14,28-29H,5,12-13,15-18H2,1-4H3;2*1H. The van der Waals surface area contributed by atoms with Crippen molar-refractivity contribution in [1.29, 1.82) is 0 Å². The molecule has 0 unspecified atom stereocenters. The van der Waals surface area contributed by atoms with Gasteiger partial charge in [0, 0.05) is 44.5 Å². The third-order valence-corrected chi connectivity index (χ3v) is 7.43. The number of nitrogens with one attached hydrogen (secondary N) is 2. The van der Waals surface area contributed by atoms with Gasteiger partial charge < -0.3 is 15.5 Å². The van der Waals surface area contributed by atoms with Crippen LogP contribution >= 0.6 is 36.2 Å². The van der Waals surface area contributed by atoms with Gasteiger partial charge in [-0.1, -0.05) is 54.7 Å². The molecule has 2 aromatic carbocycles. The Morgan fingerprint density at radius 3 is 2.33 bits per heavy atom. The Morgan fingerprint density at radius 2 is 1.72 bits per heavy atom. The monoisotopic (exact) mass is 593 g/mol. The molecule has 3 aromatic rings. The number of hydrazine groups is 1. The summed E-state index contributed by atoms with van der Waals surface area (Å²) < 4.78 is 0. The number of likely N-dealkylation sites (N-methyl/N-ethyl adjacent to an activating group) is 2. The van der Waals surface area contributed by atoms with Crippen LogP contribution in [-0.4, -0.2) is 76.7 Å². The highest BCUT2D eigenvalue weighted by Gasteiger charge is 2.27. The molecule has 1 aromatic heterocycles. The van der Waals surface area contributed by atoms with Crippen LogP contribution in [0, 0.1) is 13.8 Å². The summed E-state index contributed by atoms with van der Waals surface area (Å²) in [6, 6.07) is 14.2. The van der Waals surface area contributed by atoms with Gasteiger partial charge in [-0.15, -0.1) is 35.0 Å². The van der Waals surface area contributed by atoms with E-state index < -0.39 is 0 Å². The molecule has 9 nitrogen and oxygen atoms in total. The predicted molar refractivity (Wildman–Crippen MR) is 161 cm³/mol. The van der Waals surface area contributed by atoms with E-state index in [1.807, 2.05) is 56.1 Å². The van der Waals surface area contributed by atoms with Crippen molar-refractivity contribution in [3.05, 3.63) is 64.2 Å². The van der Waals surface area contributed by atoms with E-state index in [-0.39, 0.29) is 49.7 Å². The quantitative estimate of drug-likeness (QED) is 0.326. The molecule has 0 spiro atoms. The van der Waals surface area contributed by atoms with Gasteiger partial charge in [0.25, 0.3) is 5.91 Å². The highest BCUT2D eigenvalue weighted by Crippen LogP contribution is 2.28. The number of nitrogens with zero attached hydrogens (tertiary/aromatic N) is 5. The summed E-state index contributed by atoms with van der Waals surface area (Å²) in [5.74, 6) is -0.233. The van der Waals surface area contributed by atoms with Gasteiger partial charge in [-0.05, 0) is 43.1 Å². The van der Waals surface area contributed by atoms with E-state index >= 15 is 0 Å². The van der Waals surface area contributed by atoms with Gasteiger partial charge in [-0.3, -0.25) is 14.6 Å². The van der Waals surface area contributed by atoms with Crippen molar-refractivity contribution in [1.82, 2.24) is 30.4 Å². The topological polar surface area (TPSA) is 93.7 Å². The summed E-state index contributed by atoms with van der Waals surface area (Å²) >= 11 is 1.53. The molecular formula is C27H37Cl2N7O2S. The summed E-state index contributed by atoms with van der Waals surface area (Å²) in [7, 11) is 1.78. The van der Waals surface area contributed by atoms with Crippen molar-refractivity contribution in [2.24, 2.45) is 0 Å². The number of aromatic nitrogens is 2. The van der Waals surface area contributed by atoms with Crippen molar-refractivity contribution in [2.45, 2.75) is 33.9 Å². The molecule has 4 rings (SSSR count). The van der Waals surface area contributed by atoms with Crippen LogP contribution in [0.25, 0.3) is 10.6 Å². The van der Waals surface area contributed by atoms with Crippen LogP contribution < -0.4 is 10.6 Å². The maximum Gasteiger partial charge on any atom is 0.256 e. The lowest BCUT2D eigenvalue weighted by atomic mass is 10.1. The number of carbonyl (C=O) groups excluding carboxylic acids is 2. The molecule has 0 fully saturated rings. The molecule has 1 aliphatic heterocycles. The van der Waals surface area contributed by atoms with E-state index in [0.717, 1.165) is 33.4 Å². The molecule has 12 heteroatoms. The Hall–Kier alpha value is -2.76. The van der Waals surface area contributed by atoms with Crippen LogP contribution in [0.3, 0.4) is 0 Å². The minimum atomic E-state index is -0.124. The van der Waals surface area contributed by atoms with E-state index in [4.69, 9.17) is 0 Å². The average molecular weight is 595 g/mol. The lowest BCUT2D eigenvalue weighted by molar-refractivity contribution is -0.151. The van der Waals surface area contributed by atoms with Gasteiger partial charge in [0.15, 0.2) is 0 Å². The molecule has 0 saturated heterocycles. The minimum absolute atomic E-state index is 0. The number of anilines is 1. The average Bonchev–Trinajstić information content (AvgIpc) is 3.53. The van der Waals surface area contributed by atoms with Gasteiger partial charge in [-0.25, -0.2) is 5.01 Å².